The largest absolute Gasteiger partial charge is 4.00 e. The third-order valence-electron chi connectivity index (χ3n) is 1.25. The summed E-state index contributed by atoms with van der Waals surface area (Å²) in [5, 5.41) is 0. The van der Waals surface area contributed by atoms with Crippen LogP contribution in [0.2, 0.25) is 0 Å². The Labute approximate surface area is 468 Å². The van der Waals surface area contributed by atoms with Crippen molar-refractivity contribution in [3.05, 3.63) is 0 Å². The van der Waals surface area contributed by atoms with Gasteiger partial charge in [-0.25, -0.2) is 0 Å². The second-order valence-corrected chi connectivity index (χ2v) is 14.6. The molecule has 36 N–H and O–H groups in total. The Morgan fingerprint density at radius 2 is 0.186 bits per heavy atom. The van der Waals surface area contributed by atoms with E-state index in [1.165, 1.54) is 0 Å². The molecule has 70 heavy (non-hydrogen) atoms. The maximum Gasteiger partial charge on any atom is 4.00 e. The zero-order valence-corrected chi connectivity index (χ0v) is 48.6. The molecule has 0 aliphatic rings. The van der Waals surface area contributed by atoms with Gasteiger partial charge in [-0.05, 0) is 0 Å². The van der Waals surface area contributed by atoms with Gasteiger partial charge >= 0.3 is 83.5 Å². The topological polar surface area (TPSA) is 1090 Å². The van der Waals surface area contributed by atoms with Crippen LogP contribution in [0, 0.1) is 83.5 Å². The summed E-state index contributed by atoms with van der Waals surface area (Å²) in [5.41, 5.74) is 35.4. The van der Waals surface area contributed by atoms with E-state index in [0.29, 0.717) is 0 Å². The standard InChI is InChI=1S/5C2H8N2.2Ce.9H2O4S.3H2O/c5*3-1-2-4;;;9*1-5(2,3)4;;;/h5*1-4H2;;;9*(H2,1,2,3,4);3*1H2/q;;;;;2*+4;;;;;;;;;;;;/p-8. The first-order valence-electron chi connectivity index (χ1n) is 13.5. The van der Waals surface area contributed by atoms with Gasteiger partial charge in [0.1, 0.15) is 65.4 Å². The van der Waals surface area contributed by atoms with E-state index in [2.05, 4.69) is 57.3 Å². The predicted molar refractivity (Wildman–Crippen MR) is 183 cm³/mol. The Kier molecular flexibility index (Phi) is 145. The van der Waals surface area contributed by atoms with Crippen molar-refractivity contribution in [2.75, 3.05) is 65.4 Å². The molecule has 49 nitrogen and oxygen atoms in total. The Hall–Kier alpha value is 1.06. The van der Waals surface area contributed by atoms with Crippen LogP contribution in [-0.4, -0.2) is 240 Å². The third kappa shape index (κ3) is 8700. The summed E-state index contributed by atoms with van der Waals surface area (Å²) in [7, 11) is -46.5. The van der Waals surface area contributed by atoms with Gasteiger partial charge in [0.05, 0.1) is 0 Å². The first kappa shape index (κ1) is 129. The minimum atomic E-state index is -5.17. The fraction of sp³-hybridized carbons (Fsp3) is 1.00. The van der Waals surface area contributed by atoms with Gasteiger partial charge in [-0.3, -0.25) is 75.8 Å². The number of hydrogen-bond donors (Lipinski definition) is 10. The zero-order chi connectivity index (χ0) is 57.6. The van der Waals surface area contributed by atoms with Gasteiger partial charge in [-0.2, -0.15) is 0 Å². The fourth-order valence-electron chi connectivity index (χ4n) is 0. The molecule has 0 atom stereocenters. The molecule has 0 heterocycles. The van der Waals surface area contributed by atoms with Crippen LogP contribution in [0.3, 0.4) is 0 Å². The average Bonchev–Trinajstić information content (AvgIpc) is 2.94. The molecule has 0 aliphatic heterocycles. The van der Waals surface area contributed by atoms with Crippen LogP contribution < -0.4 is 57.3 Å². The van der Waals surface area contributed by atoms with Gasteiger partial charge in [0.25, 0.3) is 0 Å². The van der Waals surface area contributed by atoms with Crippen LogP contribution in [0.1, 0.15) is 0 Å². The van der Waals surface area contributed by atoms with Crippen molar-refractivity contribution in [3.63, 3.8) is 0 Å². The molecular formula is C10H56Ce2N10O39S9. The summed E-state index contributed by atoms with van der Waals surface area (Å²) >= 11 is 0. The minimum absolute atomic E-state index is 0. The van der Waals surface area contributed by atoms with Gasteiger partial charge in [-0.15, -0.1) is 0 Å². The summed E-state index contributed by atoms with van der Waals surface area (Å²) in [6.45, 7) is 9.58. The van der Waals surface area contributed by atoms with Crippen molar-refractivity contribution < 1.29 is 315 Å². The van der Waals surface area contributed by atoms with Gasteiger partial charge in [-0.1, -0.05) is 0 Å². The van der Waals surface area contributed by atoms with E-state index in [-0.39, 0.29) is 99.9 Å². The predicted octanol–water partition coefficient (Wildman–Crippen LogP) is -27.2. The van der Waals surface area contributed by atoms with Crippen molar-refractivity contribution in [1.82, 2.24) is 0 Å². The molecular weight excluding hydrogens is 1450 g/mol. The molecule has 0 spiro atoms. The van der Waals surface area contributed by atoms with E-state index in [9.17, 15) is 0 Å². The molecule has 60 heteroatoms. The quantitative estimate of drug-likeness (QED) is 0.0902. The molecule has 0 amide bonds. The molecule has 0 aromatic heterocycles. The Morgan fingerprint density at radius 3 is 0.186 bits per heavy atom. The minimum Gasteiger partial charge on any atom is -0.759 e. The number of hydrogen-bond acceptors (Lipinski definition) is 36. The Morgan fingerprint density at radius 1 is 0.171 bits per heavy atom. The summed E-state index contributed by atoms with van der Waals surface area (Å²) in [6.07, 6.45) is 0. The monoisotopic (exact) mass is 1510 g/mol. The van der Waals surface area contributed by atoms with Crippen molar-refractivity contribution in [3.8, 4) is 0 Å². The van der Waals surface area contributed by atoms with E-state index in [4.69, 9.17) is 158 Å². The third-order valence-corrected chi connectivity index (χ3v) is 1.25. The molecule has 0 aromatic carbocycles. The second-order valence-electron chi connectivity index (χ2n) is 7.21. The molecule has 0 bridgehead atoms. The molecule has 0 unspecified atom stereocenters. The molecule has 0 fully saturated rings. The van der Waals surface area contributed by atoms with E-state index < -0.39 is 93.6 Å². The van der Waals surface area contributed by atoms with E-state index in [1.54, 1.807) is 0 Å². The van der Waals surface area contributed by atoms with Crippen LogP contribution in [0.4, 0.5) is 0 Å². The summed E-state index contributed by atoms with van der Waals surface area (Å²) in [4.78, 5) is 0. The maximum absolute atomic E-state index is 8.52. The van der Waals surface area contributed by atoms with E-state index >= 15 is 0 Å². The number of rotatable bonds is 5. The van der Waals surface area contributed by atoms with Gasteiger partial charge in [0, 0.05) is 93.6 Å². The molecule has 0 radical (unpaired) electrons. The SMILES string of the molecule is O.O.O.O=S(=O)([O-])[O-].O=S(=O)([O-])[O-].O=S(=O)([O-])[O-].O=S(=O)([O-])[O-].O=S(=O)([O-])[O-].O=S(=O)([O-])[O-].O=S(=O)([O-])[O-].O=S(=O)([O-])[O-].O=S(=O)([O-])[O-].[Ce+4].[Ce+4].[NH3+]CC[NH3+].[NH3+]CC[NH3+].[NH3+]CC[NH3+].[NH3+]CC[NH3+].[NH3+]CC[NH3+]. The zero-order valence-electron chi connectivity index (χ0n) is 35.0. The summed E-state index contributed by atoms with van der Waals surface area (Å²) in [5.74, 6) is 0. The molecule has 0 aromatic rings. The van der Waals surface area contributed by atoms with Crippen LogP contribution >= 0.6 is 0 Å². The van der Waals surface area contributed by atoms with Crippen molar-refractivity contribution >= 4 is 93.6 Å². The second kappa shape index (κ2) is 78.9. The summed E-state index contributed by atoms with van der Waals surface area (Å²) < 4.78 is 307. The van der Waals surface area contributed by atoms with Gasteiger partial charge in [0.2, 0.25) is 0 Å². The molecule has 0 saturated heterocycles. The van der Waals surface area contributed by atoms with E-state index in [0.717, 1.165) is 65.4 Å². The van der Waals surface area contributed by atoms with Gasteiger partial charge in [0.15, 0.2) is 0 Å². The van der Waals surface area contributed by atoms with Gasteiger partial charge < -0.3 is 156 Å². The molecule has 0 rings (SSSR count). The average molecular weight is 1510 g/mol. The van der Waals surface area contributed by atoms with Crippen molar-refractivity contribution in [1.29, 1.82) is 0 Å². The first-order chi connectivity index (χ1) is 27.6. The van der Waals surface area contributed by atoms with Crippen molar-refractivity contribution in [2.45, 2.75) is 0 Å². The molecule has 0 aliphatic carbocycles. The number of quaternary nitrogens is 10. The Balaban J connectivity index is -0.0000000234. The van der Waals surface area contributed by atoms with Crippen LogP contribution in [0.25, 0.3) is 0 Å². The first-order valence-corrected chi connectivity index (χ1v) is 25.5. The Bertz CT molecular complexity index is 1440. The molecule has 0 saturated carbocycles. The maximum atomic E-state index is 8.52. The van der Waals surface area contributed by atoms with Crippen LogP contribution in [0.15, 0.2) is 0 Å². The normalized spacial score (nSPS) is 9.60. The molecule has 442 valence electrons. The fourth-order valence-corrected chi connectivity index (χ4v) is 0. The van der Waals surface area contributed by atoms with Crippen LogP contribution in [0.5, 0.6) is 0 Å². The van der Waals surface area contributed by atoms with Crippen molar-refractivity contribution in [2.24, 2.45) is 0 Å². The van der Waals surface area contributed by atoms with Crippen LogP contribution in [-0.2, 0) is 93.6 Å². The summed E-state index contributed by atoms with van der Waals surface area (Å²) in [6, 6.07) is 0. The smallest absolute Gasteiger partial charge is 0.759 e. The van der Waals surface area contributed by atoms with E-state index in [1.807, 2.05) is 0 Å².